The SMILES string of the molecule is COc1ccc(Cc2cccnc2N)cc1F. The summed E-state index contributed by atoms with van der Waals surface area (Å²) in [6, 6.07) is 8.56. The molecule has 0 saturated carbocycles. The molecule has 0 saturated heterocycles. The average Bonchev–Trinajstić information content (AvgIpc) is 2.32. The van der Waals surface area contributed by atoms with Crippen molar-refractivity contribution in [1.29, 1.82) is 0 Å². The molecule has 17 heavy (non-hydrogen) atoms. The lowest BCUT2D eigenvalue weighted by atomic mass is 10.1. The van der Waals surface area contributed by atoms with E-state index >= 15 is 0 Å². The maximum absolute atomic E-state index is 13.5. The van der Waals surface area contributed by atoms with Crippen LogP contribution in [-0.2, 0) is 6.42 Å². The van der Waals surface area contributed by atoms with E-state index in [1.54, 1.807) is 12.3 Å². The monoisotopic (exact) mass is 232 g/mol. The van der Waals surface area contributed by atoms with Gasteiger partial charge in [-0.2, -0.15) is 0 Å². The molecule has 0 amide bonds. The zero-order valence-electron chi connectivity index (χ0n) is 9.48. The number of halogens is 1. The van der Waals surface area contributed by atoms with Gasteiger partial charge in [0.15, 0.2) is 11.6 Å². The van der Waals surface area contributed by atoms with Crippen LogP contribution in [0.5, 0.6) is 5.75 Å². The maximum atomic E-state index is 13.5. The normalized spacial score (nSPS) is 10.2. The van der Waals surface area contributed by atoms with Crippen LogP contribution in [0.3, 0.4) is 0 Å². The van der Waals surface area contributed by atoms with Crippen LogP contribution in [0.15, 0.2) is 36.5 Å². The maximum Gasteiger partial charge on any atom is 0.165 e. The Balaban J connectivity index is 2.25. The fourth-order valence-corrected chi connectivity index (χ4v) is 1.64. The van der Waals surface area contributed by atoms with Crippen LogP contribution in [0.1, 0.15) is 11.1 Å². The number of pyridine rings is 1. The second-order valence-corrected chi connectivity index (χ2v) is 3.69. The van der Waals surface area contributed by atoms with Gasteiger partial charge in [-0.05, 0) is 29.3 Å². The van der Waals surface area contributed by atoms with Crippen molar-refractivity contribution in [3.05, 3.63) is 53.5 Å². The first-order chi connectivity index (χ1) is 8.20. The predicted octanol–water partition coefficient (Wildman–Crippen LogP) is 2.40. The van der Waals surface area contributed by atoms with Crippen LogP contribution < -0.4 is 10.5 Å². The summed E-state index contributed by atoms with van der Waals surface area (Å²) >= 11 is 0. The van der Waals surface area contributed by atoms with Crippen molar-refractivity contribution in [2.75, 3.05) is 12.8 Å². The number of ether oxygens (including phenoxy) is 1. The van der Waals surface area contributed by atoms with Crippen molar-refractivity contribution in [2.24, 2.45) is 0 Å². The molecule has 2 rings (SSSR count). The number of hydrogen-bond acceptors (Lipinski definition) is 3. The summed E-state index contributed by atoms with van der Waals surface area (Å²) in [4.78, 5) is 3.99. The van der Waals surface area contributed by atoms with E-state index in [4.69, 9.17) is 10.5 Å². The molecule has 0 bridgehead atoms. The van der Waals surface area contributed by atoms with Crippen molar-refractivity contribution < 1.29 is 9.13 Å². The molecule has 0 aliphatic carbocycles. The Hall–Kier alpha value is -2.10. The molecular weight excluding hydrogens is 219 g/mol. The van der Waals surface area contributed by atoms with Gasteiger partial charge in [0.1, 0.15) is 5.82 Å². The smallest absolute Gasteiger partial charge is 0.165 e. The molecule has 2 N–H and O–H groups in total. The fourth-order valence-electron chi connectivity index (χ4n) is 1.64. The van der Waals surface area contributed by atoms with Gasteiger partial charge in [-0.25, -0.2) is 9.37 Å². The highest BCUT2D eigenvalue weighted by atomic mass is 19.1. The van der Waals surface area contributed by atoms with Crippen molar-refractivity contribution in [3.63, 3.8) is 0 Å². The Morgan fingerprint density at radius 3 is 2.82 bits per heavy atom. The minimum absolute atomic E-state index is 0.243. The van der Waals surface area contributed by atoms with E-state index < -0.39 is 0 Å². The lowest BCUT2D eigenvalue weighted by molar-refractivity contribution is 0.386. The lowest BCUT2D eigenvalue weighted by Gasteiger charge is -2.06. The van der Waals surface area contributed by atoms with E-state index in [2.05, 4.69) is 4.98 Å². The number of nitrogens with zero attached hydrogens (tertiary/aromatic N) is 1. The van der Waals surface area contributed by atoms with Crippen molar-refractivity contribution >= 4 is 5.82 Å². The molecule has 0 atom stereocenters. The van der Waals surface area contributed by atoms with E-state index in [0.717, 1.165) is 11.1 Å². The summed E-state index contributed by atoms with van der Waals surface area (Å²) < 4.78 is 18.3. The number of methoxy groups -OCH3 is 1. The second kappa shape index (κ2) is 4.82. The molecule has 1 heterocycles. The van der Waals surface area contributed by atoms with Gasteiger partial charge in [-0.3, -0.25) is 0 Å². The first kappa shape index (κ1) is 11.4. The lowest BCUT2D eigenvalue weighted by Crippen LogP contribution is -1.98. The number of nitrogen functional groups attached to an aromatic ring is 1. The molecule has 0 aliphatic rings. The summed E-state index contributed by atoms with van der Waals surface area (Å²) in [5, 5.41) is 0. The quantitative estimate of drug-likeness (QED) is 0.884. The fraction of sp³-hybridized carbons (Fsp3) is 0.154. The second-order valence-electron chi connectivity index (χ2n) is 3.69. The first-order valence-electron chi connectivity index (χ1n) is 5.22. The zero-order valence-corrected chi connectivity index (χ0v) is 9.48. The molecule has 1 aromatic carbocycles. The number of anilines is 1. The summed E-state index contributed by atoms with van der Waals surface area (Å²) in [6.07, 6.45) is 2.19. The van der Waals surface area contributed by atoms with Gasteiger partial charge >= 0.3 is 0 Å². The Morgan fingerprint density at radius 1 is 1.35 bits per heavy atom. The Morgan fingerprint density at radius 2 is 2.18 bits per heavy atom. The molecule has 0 radical (unpaired) electrons. The molecule has 0 aliphatic heterocycles. The number of hydrogen-bond donors (Lipinski definition) is 1. The highest BCUT2D eigenvalue weighted by Crippen LogP contribution is 2.20. The first-order valence-corrected chi connectivity index (χ1v) is 5.22. The standard InChI is InChI=1S/C13H13FN2O/c1-17-12-5-4-9(8-11(12)14)7-10-3-2-6-16-13(10)15/h2-6,8H,7H2,1H3,(H2,15,16). The topological polar surface area (TPSA) is 48.1 Å². The third-order valence-electron chi connectivity index (χ3n) is 2.54. The van der Waals surface area contributed by atoms with Crippen LogP contribution >= 0.6 is 0 Å². The number of rotatable bonds is 3. The molecule has 2 aromatic rings. The molecule has 3 nitrogen and oxygen atoms in total. The van der Waals surface area contributed by atoms with Gasteiger partial charge in [0.05, 0.1) is 7.11 Å². The van der Waals surface area contributed by atoms with Crippen LogP contribution in [0.2, 0.25) is 0 Å². The van der Waals surface area contributed by atoms with Crippen LogP contribution in [0.25, 0.3) is 0 Å². The molecule has 0 spiro atoms. The average molecular weight is 232 g/mol. The third kappa shape index (κ3) is 2.53. The highest BCUT2D eigenvalue weighted by Gasteiger charge is 2.06. The predicted molar refractivity (Wildman–Crippen MR) is 64.4 cm³/mol. The zero-order chi connectivity index (χ0) is 12.3. The van der Waals surface area contributed by atoms with Gasteiger partial charge in [-0.1, -0.05) is 12.1 Å². The number of benzene rings is 1. The van der Waals surface area contributed by atoms with Crippen molar-refractivity contribution in [3.8, 4) is 5.75 Å². The van der Waals surface area contributed by atoms with Gasteiger partial charge in [0.25, 0.3) is 0 Å². The minimum Gasteiger partial charge on any atom is -0.494 e. The largest absolute Gasteiger partial charge is 0.494 e. The van der Waals surface area contributed by atoms with E-state index in [-0.39, 0.29) is 11.6 Å². The van der Waals surface area contributed by atoms with Crippen molar-refractivity contribution in [2.45, 2.75) is 6.42 Å². The number of aromatic nitrogens is 1. The molecule has 4 heteroatoms. The third-order valence-corrected chi connectivity index (χ3v) is 2.54. The summed E-state index contributed by atoms with van der Waals surface area (Å²) in [5.41, 5.74) is 7.46. The molecule has 88 valence electrons. The molecule has 0 fully saturated rings. The summed E-state index contributed by atoms with van der Waals surface area (Å²) in [6.45, 7) is 0. The Bertz CT molecular complexity index is 529. The molecule has 0 unspecified atom stereocenters. The van der Waals surface area contributed by atoms with Crippen molar-refractivity contribution in [1.82, 2.24) is 4.98 Å². The van der Waals surface area contributed by atoms with Crippen LogP contribution in [0.4, 0.5) is 10.2 Å². The van der Waals surface area contributed by atoms with Gasteiger partial charge in [0, 0.05) is 12.6 Å². The Labute approximate surface area is 99.1 Å². The summed E-state index contributed by atoms with van der Waals surface area (Å²) in [7, 11) is 1.44. The molecular formula is C13H13FN2O. The van der Waals surface area contributed by atoms with E-state index in [1.807, 2.05) is 18.2 Å². The highest BCUT2D eigenvalue weighted by molar-refractivity contribution is 5.42. The van der Waals surface area contributed by atoms with E-state index in [9.17, 15) is 4.39 Å². The van der Waals surface area contributed by atoms with Gasteiger partial charge < -0.3 is 10.5 Å². The van der Waals surface area contributed by atoms with Gasteiger partial charge in [-0.15, -0.1) is 0 Å². The van der Waals surface area contributed by atoms with E-state index in [0.29, 0.717) is 12.2 Å². The summed E-state index contributed by atoms with van der Waals surface area (Å²) in [5.74, 6) is 0.351. The minimum atomic E-state index is -0.368. The Kier molecular flexibility index (Phi) is 3.23. The van der Waals surface area contributed by atoms with Gasteiger partial charge in [0.2, 0.25) is 0 Å². The number of nitrogens with two attached hydrogens (primary N) is 1. The molecule has 1 aromatic heterocycles. The van der Waals surface area contributed by atoms with E-state index in [1.165, 1.54) is 13.2 Å². The van der Waals surface area contributed by atoms with Crippen LogP contribution in [0, 0.1) is 5.82 Å². The van der Waals surface area contributed by atoms with Crippen LogP contribution in [-0.4, -0.2) is 12.1 Å².